The van der Waals surface area contributed by atoms with Gasteiger partial charge in [0.25, 0.3) is 0 Å². The molecule has 3 nitrogen and oxygen atoms in total. The molecule has 0 aromatic heterocycles. The van der Waals surface area contributed by atoms with Gasteiger partial charge in [-0.25, -0.2) is 0 Å². The highest BCUT2D eigenvalue weighted by Gasteiger charge is 2.28. The van der Waals surface area contributed by atoms with Crippen LogP contribution in [0.5, 0.6) is 0 Å². The first-order valence-corrected chi connectivity index (χ1v) is 5.82. The second kappa shape index (κ2) is 5.71. The van der Waals surface area contributed by atoms with Gasteiger partial charge in [-0.3, -0.25) is 4.79 Å². The molecule has 2 aliphatic rings. The van der Waals surface area contributed by atoms with Crippen LogP contribution >= 0.6 is 12.4 Å². The van der Waals surface area contributed by atoms with E-state index < -0.39 is 0 Å². The number of amides is 1. The van der Waals surface area contributed by atoms with Gasteiger partial charge in [0, 0.05) is 25.0 Å². The number of nitrogens with two attached hydrogens (primary N) is 1. The Kier molecular flexibility index (Phi) is 4.87. The van der Waals surface area contributed by atoms with Gasteiger partial charge in [-0.1, -0.05) is 12.8 Å². The van der Waals surface area contributed by atoms with E-state index in [-0.39, 0.29) is 12.4 Å². The fourth-order valence-corrected chi connectivity index (χ4v) is 2.55. The Balaban J connectivity index is 0.00000112. The fourth-order valence-electron chi connectivity index (χ4n) is 2.55. The first-order chi connectivity index (χ1) is 6.77. The summed E-state index contributed by atoms with van der Waals surface area (Å²) in [6.45, 7) is 1.77. The van der Waals surface area contributed by atoms with Gasteiger partial charge >= 0.3 is 0 Å². The third-order valence-corrected chi connectivity index (χ3v) is 3.56. The van der Waals surface area contributed by atoms with E-state index in [9.17, 15) is 4.79 Å². The van der Waals surface area contributed by atoms with E-state index in [1.54, 1.807) is 0 Å². The molecule has 0 aromatic carbocycles. The molecule has 1 saturated carbocycles. The molecular weight excluding hydrogens is 212 g/mol. The number of hydrogen-bond acceptors (Lipinski definition) is 2. The van der Waals surface area contributed by atoms with Gasteiger partial charge in [-0.2, -0.15) is 0 Å². The second-order valence-corrected chi connectivity index (χ2v) is 4.64. The smallest absolute Gasteiger partial charge is 0.225 e. The number of hydrogen-bond donors (Lipinski definition) is 1. The lowest BCUT2D eigenvalue weighted by atomic mass is 10.0. The summed E-state index contributed by atoms with van der Waals surface area (Å²) in [5.41, 5.74) is 5.81. The van der Waals surface area contributed by atoms with Gasteiger partial charge in [0.05, 0.1) is 0 Å². The number of rotatable bonds is 1. The summed E-state index contributed by atoms with van der Waals surface area (Å²) < 4.78 is 0. The lowest BCUT2D eigenvalue weighted by Crippen LogP contribution is -2.44. The van der Waals surface area contributed by atoms with Crippen LogP contribution in [-0.2, 0) is 4.79 Å². The van der Waals surface area contributed by atoms with Crippen LogP contribution in [0.1, 0.15) is 38.5 Å². The van der Waals surface area contributed by atoms with Crippen LogP contribution in [0.25, 0.3) is 0 Å². The lowest BCUT2D eigenvalue weighted by molar-refractivity contribution is -0.136. The molecule has 2 fully saturated rings. The van der Waals surface area contributed by atoms with Crippen LogP contribution in [-0.4, -0.2) is 29.9 Å². The van der Waals surface area contributed by atoms with E-state index in [2.05, 4.69) is 0 Å². The Labute approximate surface area is 97.8 Å². The lowest BCUT2D eigenvalue weighted by Gasteiger charge is -2.32. The van der Waals surface area contributed by atoms with Crippen molar-refractivity contribution >= 4 is 18.3 Å². The molecule has 2 N–H and O–H groups in total. The minimum Gasteiger partial charge on any atom is -0.342 e. The Bertz CT molecular complexity index is 209. The van der Waals surface area contributed by atoms with E-state index in [1.807, 2.05) is 4.90 Å². The highest BCUT2D eigenvalue weighted by molar-refractivity contribution is 5.85. The average molecular weight is 233 g/mol. The summed E-state index contributed by atoms with van der Waals surface area (Å²) in [4.78, 5) is 14.0. The first-order valence-electron chi connectivity index (χ1n) is 5.82. The molecule has 0 radical (unpaired) electrons. The molecule has 0 atom stereocenters. The van der Waals surface area contributed by atoms with Crippen molar-refractivity contribution in [1.82, 2.24) is 4.90 Å². The summed E-state index contributed by atoms with van der Waals surface area (Å²) in [6.07, 6.45) is 6.67. The normalized spacial score (nSPS) is 23.9. The summed E-state index contributed by atoms with van der Waals surface area (Å²) in [6, 6.07) is 0.322. The quantitative estimate of drug-likeness (QED) is 0.746. The minimum absolute atomic E-state index is 0. The number of carbonyl (C=O) groups excluding carboxylic acids is 1. The van der Waals surface area contributed by atoms with Crippen molar-refractivity contribution in [3.8, 4) is 0 Å². The predicted octanol–water partition coefficient (Wildman–Crippen LogP) is 1.55. The van der Waals surface area contributed by atoms with Gasteiger partial charge < -0.3 is 10.6 Å². The summed E-state index contributed by atoms with van der Waals surface area (Å²) in [7, 11) is 0. The SMILES string of the molecule is Cl.NC1CCN(C(=O)C2CCCC2)CC1. The molecular formula is C11H21ClN2O. The molecule has 1 saturated heterocycles. The Hall–Kier alpha value is -0.280. The molecule has 0 unspecified atom stereocenters. The number of piperidine rings is 1. The van der Waals surface area contributed by atoms with Gasteiger partial charge in [-0.15, -0.1) is 12.4 Å². The average Bonchev–Trinajstić information content (AvgIpc) is 2.71. The third kappa shape index (κ3) is 3.08. The van der Waals surface area contributed by atoms with E-state index in [0.29, 0.717) is 17.9 Å². The maximum absolute atomic E-state index is 12.0. The van der Waals surface area contributed by atoms with Gasteiger partial charge in [0.2, 0.25) is 5.91 Å². The molecule has 0 spiro atoms. The zero-order valence-corrected chi connectivity index (χ0v) is 9.97. The van der Waals surface area contributed by atoms with Crippen LogP contribution in [0.2, 0.25) is 0 Å². The van der Waals surface area contributed by atoms with Crippen molar-refractivity contribution in [2.24, 2.45) is 11.7 Å². The molecule has 0 aromatic rings. The molecule has 88 valence electrons. The van der Waals surface area contributed by atoms with Crippen molar-refractivity contribution < 1.29 is 4.79 Å². The van der Waals surface area contributed by atoms with Crippen molar-refractivity contribution in [3.05, 3.63) is 0 Å². The molecule has 1 heterocycles. The van der Waals surface area contributed by atoms with E-state index >= 15 is 0 Å². The van der Waals surface area contributed by atoms with Crippen molar-refractivity contribution in [3.63, 3.8) is 0 Å². The highest BCUT2D eigenvalue weighted by Crippen LogP contribution is 2.27. The van der Waals surface area contributed by atoms with Crippen LogP contribution in [0, 0.1) is 5.92 Å². The van der Waals surface area contributed by atoms with Crippen molar-refractivity contribution in [1.29, 1.82) is 0 Å². The Morgan fingerprint density at radius 3 is 2.13 bits per heavy atom. The Morgan fingerprint density at radius 1 is 1.07 bits per heavy atom. The molecule has 1 aliphatic carbocycles. The number of carbonyl (C=O) groups is 1. The standard InChI is InChI=1S/C11H20N2O.ClH/c12-10-5-7-13(8-6-10)11(14)9-3-1-2-4-9;/h9-10H,1-8,12H2;1H. The summed E-state index contributed by atoms with van der Waals surface area (Å²) in [5, 5.41) is 0. The first kappa shape index (κ1) is 12.8. The summed E-state index contributed by atoms with van der Waals surface area (Å²) >= 11 is 0. The monoisotopic (exact) mass is 232 g/mol. The molecule has 0 bridgehead atoms. The zero-order valence-electron chi connectivity index (χ0n) is 9.15. The molecule has 1 aliphatic heterocycles. The highest BCUT2D eigenvalue weighted by atomic mass is 35.5. The predicted molar refractivity (Wildman–Crippen MR) is 63.0 cm³/mol. The number of halogens is 1. The van der Waals surface area contributed by atoms with Crippen LogP contribution in [0.3, 0.4) is 0 Å². The largest absolute Gasteiger partial charge is 0.342 e. The van der Waals surface area contributed by atoms with E-state index in [0.717, 1.165) is 38.8 Å². The number of nitrogens with zero attached hydrogens (tertiary/aromatic N) is 1. The summed E-state index contributed by atoms with van der Waals surface area (Å²) in [5.74, 6) is 0.735. The van der Waals surface area contributed by atoms with Crippen LogP contribution in [0.4, 0.5) is 0 Å². The maximum atomic E-state index is 12.0. The van der Waals surface area contributed by atoms with Crippen LogP contribution in [0.15, 0.2) is 0 Å². The molecule has 4 heteroatoms. The van der Waals surface area contributed by atoms with E-state index in [4.69, 9.17) is 5.73 Å². The fraction of sp³-hybridized carbons (Fsp3) is 0.909. The van der Waals surface area contributed by atoms with Crippen molar-refractivity contribution in [2.45, 2.75) is 44.6 Å². The topological polar surface area (TPSA) is 46.3 Å². The molecule has 15 heavy (non-hydrogen) atoms. The molecule has 2 rings (SSSR count). The van der Waals surface area contributed by atoms with E-state index in [1.165, 1.54) is 12.8 Å². The van der Waals surface area contributed by atoms with Gasteiger partial charge in [0.15, 0.2) is 0 Å². The second-order valence-electron chi connectivity index (χ2n) is 4.64. The Morgan fingerprint density at radius 2 is 1.60 bits per heavy atom. The number of likely N-dealkylation sites (tertiary alicyclic amines) is 1. The zero-order chi connectivity index (χ0) is 9.97. The maximum Gasteiger partial charge on any atom is 0.225 e. The van der Waals surface area contributed by atoms with Crippen molar-refractivity contribution in [2.75, 3.05) is 13.1 Å². The van der Waals surface area contributed by atoms with Gasteiger partial charge in [0.1, 0.15) is 0 Å². The third-order valence-electron chi connectivity index (χ3n) is 3.56. The molecule has 1 amide bonds. The minimum atomic E-state index is 0. The van der Waals surface area contributed by atoms with Crippen LogP contribution < -0.4 is 5.73 Å². The van der Waals surface area contributed by atoms with Gasteiger partial charge in [-0.05, 0) is 25.7 Å².